The number of nitrogens with zero attached hydrogens (tertiary/aromatic N) is 3. The molecular weight excluding hydrogens is 310 g/mol. The maximum absolute atomic E-state index is 12.3. The van der Waals surface area contributed by atoms with Gasteiger partial charge in [0.05, 0.1) is 17.0 Å². The Bertz CT molecular complexity index is 805. The van der Waals surface area contributed by atoms with E-state index in [-0.39, 0.29) is 11.4 Å². The van der Waals surface area contributed by atoms with Gasteiger partial charge in [-0.1, -0.05) is 50.6 Å². The van der Waals surface area contributed by atoms with Gasteiger partial charge in [0.2, 0.25) is 0 Å². The first-order valence-electron chi connectivity index (χ1n) is 7.23. The van der Waals surface area contributed by atoms with Gasteiger partial charge in [-0.25, -0.2) is 4.68 Å². The summed E-state index contributed by atoms with van der Waals surface area (Å²) in [5, 5.41) is 14.1. The van der Waals surface area contributed by atoms with Crippen LogP contribution in [0.4, 0.5) is 0 Å². The molecule has 1 heterocycles. The van der Waals surface area contributed by atoms with Crippen molar-refractivity contribution in [2.45, 2.75) is 27.7 Å². The van der Waals surface area contributed by atoms with Crippen molar-refractivity contribution in [3.63, 3.8) is 0 Å². The van der Waals surface area contributed by atoms with Crippen LogP contribution in [0.2, 0.25) is 5.15 Å². The van der Waals surface area contributed by atoms with Gasteiger partial charge in [-0.2, -0.15) is 10.4 Å². The Labute approximate surface area is 141 Å². The second-order valence-electron chi connectivity index (χ2n) is 6.29. The second-order valence-corrected chi connectivity index (χ2v) is 6.64. The molecule has 118 valence electrons. The molecule has 0 unspecified atom stereocenters. The molecule has 1 aromatic heterocycles. The third kappa shape index (κ3) is 3.52. The zero-order chi connectivity index (χ0) is 17.2. The molecule has 23 heavy (non-hydrogen) atoms. The molecule has 0 saturated carbocycles. The molecular formula is C18H18ClN3O. The fourth-order valence-electron chi connectivity index (χ4n) is 2.11. The maximum Gasteiger partial charge on any atom is 0.178 e. The van der Waals surface area contributed by atoms with Crippen molar-refractivity contribution >= 4 is 23.5 Å². The van der Waals surface area contributed by atoms with Gasteiger partial charge in [-0.15, -0.1) is 0 Å². The van der Waals surface area contributed by atoms with E-state index < -0.39 is 5.41 Å². The average Bonchev–Trinajstić information content (AvgIpc) is 2.79. The molecule has 2 aromatic rings. The minimum absolute atomic E-state index is 0.0788. The number of rotatable bonds is 3. The van der Waals surface area contributed by atoms with Crippen LogP contribution in [0, 0.1) is 23.7 Å². The van der Waals surface area contributed by atoms with Gasteiger partial charge in [0, 0.05) is 11.0 Å². The van der Waals surface area contributed by atoms with Crippen LogP contribution in [0.15, 0.2) is 35.9 Å². The van der Waals surface area contributed by atoms with Crippen LogP contribution in [-0.4, -0.2) is 15.6 Å². The molecule has 0 atom stereocenters. The highest BCUT2D eigenvalue weighted by atomic mass is 35.5. The lowest BCUT2D eigenvalue weighted by Gasteiger charge is -2.15. The number of allylic oxidation sites excluding steroid dienone is 1. The van der Waals surface area contributed by atoms with Gasteiger partial charge in [-0.05, 0) is 25.1 Å². The number of carbonyl (C=O) groups excluding carboxylic acids is 1. The van der Waals surface area contributed by atoms with Crippen molar-refractivity contribution in [2.24, 2.45) is 5.41 Å². The van der Waals surface area contributed by atoms with Crippen LogP contribution in [0.1, 0.15) is 32.0 Å². The molecule has 0 fully saturated rings. The number of hydrogen-bond donors (Lipinski definition) is 0. The SMILES string of the molecule is Cc1nn(-c2ccccc2)c(Cl)c1/C=C(\C#N)C(=O)C(C)(C)C. The number of Topliss-reactive ketones (excluding diaryl/α,β-unsaturated/α-hetero) is 1. The first-order valence-corrected chi connectivity index (χ1v) is 7.60. The number of ketones is 1. The van der Waals surface area contributed by atoms with Crippen molar-refractivity contribution < 1.29 is 4.79 Å². The van der Waals surface area contributed by atoms with Crippen LogP contribution in [-0.2, 0) is 4.79 Å². The molecule has 1 aromatic carbocycles. The van der Waals surface area contributed by atoms with E-state index in [4.69, 9.17) is 11.6 Å². The number of carbonyl (C=O) groups is 1. The molecule has 0 aliphatic rings. The molecule has 0 aliphatic heterocycles. The first kappa shape index (κ1) is 17.0. The Morgan fingerprint density at radius 1 is 1.30 bits per heavy atom. The maximum atomic E-state index is 12.3. The van der Waals surface area contributed by atoms with Crippen LogP contribution in [0.5, 0.6) is 0 Å². The monoisotopic (exact) mass is 327 g/mol. The Kier molecular flexibility index (Phi) is 4.72. The summed E-state index contributed by atoms with van der Waals surface area (Å²) in [6.07, 6.45) is 1.53. The van der Waals surface area contributed by atoms with Crippen LogP contribution < -0.4 is 0 Å². The number of aromatic nitrogens is 2. The Morgan fingerprint density at radius 3 is 2.43 bits per heavy atom. The smallest absolute Gasteiger partial charge is 0.178 e. The molecule has 0 spiro atoms. The van der Waals surface area contributed by atoms with Crippen molar-refractivity contribution in [2.75, 3.05) is 0 Å². The summed E-state index contributed by atoms with van der Waals surface area (Å²) in [6, 6.07) is 11.4. The first-order chi connectivity index (χ1) is 10.8. The van der Waals surface area contributed by atoms with Crippen LogP contribution >= 0.6 is 11.6 Å². The van der Waals surface area contributed by atoms with Gasteiger partial charge in [-0.3, -0.25) is 4.79 Å². The summed E-state index contributed by atoms with van der Waals surface area (Å²) in [7, 11) is 0. The molecule has 0 N–H and O–H groups in total. The van der Waals surface area contributed by atoms with Gasteiger partial charge in [0.15, 0.2) is 5.78 Å². The Balaban J connectivity index is 2.53. The van der Waals surface area contributed by atoms with E-state index in [0.717, 1.165) is 5.69 Å². The molecule has 5 heteroatoms. The summed E-state index contributed by atoms with van der Waals surface area (Å²) in [5.74, 6) is -0.220. The molecule has 0 saturated heterocycles. The van der Waals surface area contributed by atoms with Crippen molar-refractivity contribution in [3.05, 3.63) is 52.3 Å². The van der Waals surface area contributed by atoms with Crippen molar-refractivity contribution in [3.8, 4) is 11.8 Å². The Morgan fingerprint density at radius 2 is 1.91 bits per heavy atom. The van der Waals surface area contributed by atoms with Crippen LogP contribution in [0.25, 0.3) is 11.8 Å². The third-order valence-electron chi connectivity index (χ3n) is 3.38. The number of para-hydroxylation sites is 1. The van der Waals surface area contributed by atoms with Gasteiger partial charge in [0.1, 0.15) is 11.2 Å². The number of benzene rings is 1. The summed E-state index contributed by atoms with van der Waals surface area (Å²) in [6.45, 7) is 7.14. The molecule has 2 rings (SSSR count). The van der Waals surface area contributed by atoms with E-state index in [2.05, 4.69) is 5.10 Å². The molecule has 0 radical (unpaired) electrons. The van der Waals surface area contributed by atoms with E-state index in [1.807, 2.05) is 36.4 Å². The van der Waals surface area contributed by atoms with E-state index in [1.165, 1.54) is 6.08 Å². The topological polar surface area (TPSA) is 58.7 Å². The van der Waals surface area contributed by atoms with Gasteiger partial charge in [0.25, 0.3) is 0 Å². The number of aryl methyl sites for hydroxylation is 1. The summed E-state index contributed by atoms with van der Waals surface area (Å²) < 4.78 is 1.60. The zero-order valence-electron chi connectivity index (χ0n) is 13.6. The third-order valence-corrected chi connectivity index (χ3v) is 3.75. The van der Waals surface area contributed by atoms with E-state index in [0.29, 0.717) is 16.4 Å². The summed E-state index contributed by atoms with van der Waals surface area (Å²) in [4.78, 5) is 12.3. The van der Waals surface area contributed by atoms with E-state index in [9.17, 15) is 10.1 Å². The fraction of sp³-hybridized carbons (Fsp3) is 0.278. The van der Waals surface area contributed by atoms with Crippen LogP contribution in [0.3, 0.4) is 0 Å². The molecule has 4 nitrogen and oxygen atoms in total. The zero-order valence-corrected chi connectivity index (χ0v) is 14.3. The largest absolute Gasteiger partial charge is 0.293 e. The number of halogens is 1. The lowest BCUT2D eigenvalue weighted by Crippen LogP contribution is -2.21. The summed E-state index contributed by atoms with van der Waals surface area (Å²) >= 11 is 6.42. The molecule has 0 bridgehead atoms. The lowest BCUT2D eigenvalue weighted by molar-refractivity contribution is -0.121. The van der Waals surface area contributed by atoms with E-state index in [1.54, 1.807) is 32.4 Å². The standard InChI is InChI=1S/C18H18ClN3O/c1-12-15(10-13(11-20)16(23)18(2,3)4)17(19)22(21-12)14-8-6-5-7-9-14/h5-10H,1-4H3/b13-10+. The summed E-state index contributed by atoms with van der Waals surface area (Å²) in [5.41, 5.74) is 1.52. The van der Waals surface area contributed by atoms with Crippen molar-refractivity contribution in [1.29, 1.82) is 5.26 Å². The highest BCUT2D eigenvalue weighted by Gasteiger charge is 2.26. The average molecular weight is 328 g/mol. The van der Waals surface area contributed by atoms with Crippen molar-refractivity contribution in [1.82, 2.24) is 9.78 Å². The Hall–Kier alpha value is -2.38. The highest BCUT2D eigenvalue weighted by molar-refractivity contribution is 6.31. The fourth-order valence-corrected chi connectivity index (χ4v) is 2.44. The predicted molar refractivity (Wildman–Crippen MR) is 91.4 cm³/mol. The lowest BCUT2D eigenvalue weighted by atomic mass is 9.86. The molecule has 0 aliphatic carbocycles. The van der Waals surface area contributed by atoms with Gasteiger partial charge >= 0.3 is 0 Å². The number of hydrogen-bond acceptors (Lipinski definition) is 3. The van der Waals surface area contributed by atoms with Gasteiger partial charge < -0.3 is 0 Å². The minimum atomic E-state index is -0.628. The normalized spacial score (nSPS) is 12.1. The number of nitriles is 1. The second kappa shape index (κ2) is 6.39. The quantitative estimate of drug-likeness (QED) is 0.621. The predicted octanol–water partition coefficient (Wildman–Crippen LogP) is 4.36. The minimum Gasteiger partial charge on any atom is -0.293 e. The van der Waals surface area contributed by atoms with E-state index >= 15 is 0 Å². The highest BCUT2D eigenvalue weighted by Crippen LogP contribution is 2.28. The molecule has 0 amide bonds.